The Morgan fingerprint density at radius 2 is 1.70 bits per heavy atom. The third kappa shape index (κ3) is 3.61. The summed E-state index contributed by atoms with van der Waals surface area (Å²) >= 11 is 0. The van der Waals surface area contributed by atoms with Gasteiger partial charge in [0.25, 0.3) is 5.91 Å². The van der Waals surface area contributed by atoms with E-state index in [4.69, 9.17) is 4.74 Å². The van der Waals surface area contributed by atoms with Crippen molar-refractivity contribution in [2.45, 2.75) is 0 Å². The van der Waals surface area contributed by atoms with Crippen molar-refractivity contribution in [3.8, 4) is 11.5 Å². The predicted molar refractivity (Wildman–Crippen MR) is 89.9 cm³/mol. The summed E-state index contributed by atoms with van der Waals surface area (Å²) in [5, 5.41) is 14.6. The molecule has 0 spiro atoms. The third-order valence-corrected chi connectivity index (χ3v) is 3.53. The molecule has 0 aliphatic carbocycles. The van der Waals surface area contributed by atoms with Crippen LogP contribution in [0.3, 0.4) is 0 Å². The van der Waals surface area contributed by atoms with Crippen molar-refractivity contribution in [3.05, 3.63) is 72.3 Å². The van der Waals surface area contributed by atoms with Crippen LogP contribution in [-0.4, -0.2) is 24.2 Å². The molecule has 116 valence electrons. The molecule has 0 aromatic heterocycles. The van der Waals surface area contributed by atoms with Crippen LogP contribution in [0.2, 0.25) is 0 Å². The van der Waals surface area contributed by atoms with Crippen molar-refractivity contribution < 1.29 is 14.6 Å². The lowest BCUT2D eigenvalue weighted by Gasteiger charge is -2.09. The minimum absolute atomic E-state index is 0.0274. The molecule has 0 unspecified atom stereocenters. The Kier molecular flexibility index (Phi) is 4.43. The molecule has 4 nitrogen and oxygen atoms in total. The lowest BCUT2D eigenvalue weighted by atomic mass is 10.1. The average Bonchev–Trinajstić information content (AvgIpc) is 2.59. The minimum atomic E-state index is -0.315. The monoisotopic (exact) mass is 307 g/mol. The summed E-state index contributed by atoms with van der Waals surface area (Å²) < 4.78 is 5.65. The third-order valence-electron chi connectivity index (χ3n) is 3.53. The van der Waals surface area contributed by atoms with E-state index in [2.05, 4.69) is 5.32 Å². The summed E-state index contributed by atoms with van der Waals surface area (Å²) in [5.74, 6) is 0.422. The van der Waals surface area contributed by atoms with Gasteiger partial charge in [-0.25, -0.2) is 0 Å². The van der Waals surface area contributed by atoms with Crippen molar-refractivity contribution in [3.63, 3.8) is 0 Å². The number of benzene rings is 3. The maximum atomic E-state index is 11.9. The molecule has 0 aliphatic rings. The number of hydrogen-bond acceptors (Lipinski definition) is 3. The van der Waals surface area contributed by atoms with Gasteiger partial charge in [-0.3, -0.25) is 4.79 Å². The molecule has 0 saturated carbocycles. The predicted octanol–water partition coefficient (Wildman–Crippen LogP) is 3.35. The molecule has 0 aliphatic heterocycles. The first-order chi connectivity index (χ1) is 11.2. The first-order valence-corrected chi connectivity index (χ1v) is 7.42. The van der Waals surface area contributed by atoms with E-state index in [9.17, 15) is 9.90 Å². The molecule has 23 heavy (non-hydrogen) atoms. The Labute approximate surface area is 134 Å². The molecule has 0 saturated heterocycles. The molecule has 1 amide bonds. The van der Waals surface area contributed by atoms with Gasteiger partial charge in [-0.1, -0.05) is 42.5 Å². The maximum Gasteiger partial charge on any atom is 0.255 e. The summed E-state index contributed by atoms with van der Waals surface area (Å²) in [6, 6.07) is 20.4. The topological polar surface area (TPSA) is 58.6 Å². The second-order valence-electron chi connectivity index (χ2n) is 5.13. The minimum Gasteiger partial charge on any atom is -0.507 e. The first-order valence-electron chi connectivity index (χ1n) is 7.42. The summed E-state index contributed by atoms with van der Waals surface area (Å²) in [6.45, 7) is 0.720. The van der Waals surface area contributed by atoms with E-state index in [1.54, 1.807) is 18.2 Å². The zero-order valence-corrected chi connectivity index (χ0v) is 12.5. The van der Waals surface area contributed by atoms with Crippen LogP contribution >= 0.6 is 0 Å². The molecule has 0 bridgehead atoms. The Morgan fingerprint density at radius 1 is 0.957 bits per heavy atom. The van der Waals surface area contributed by atoms with Crippen molar-refractivity contribution in [1.29, 1.82) is 0 Å². The van der Waals surface area contributed by atoms with Crippen molar-refractivity contribution in [2.24, 2.45) is 0 Å². The van der Waals surface area contributed by atoms with Crippen LogP contribution in [0.5, 0.6) is 11.5 Å². The van der Waals surface area contributed by atoms with E-state index in [0.29, 0.717) is 13.2 Å². The molecule has 3 aromatic carbocycles. The SMILES string of the molecule is O=C(NCCOc1ccc2ccccc2c1)c1ccccc1O. The second kappa shape index (κ2) is 6.83. The van der Waals surface area contributed by atoms with E-state index >= 15 is 0 Å². The van der Waals surface area contributed by atoms with Crippen LogP contribution in [0, 0.1) is 0 Å². The molecule has 0 heterocycles. The van der Waals surface area contributed by atoms with Gasteiger partial charge in [0, 0.05) is 0 Å². The highest BCUT2D eigenvalue weighted by Crippen LogP contribution is 2.20. The van der Waals surface area contributed by atoms with E-state index in [-0.39, 0.29) is 17.2 Å². The second-order valence-corrected chi connectivity index (χ2v) is 5.13. The molecular weight excluding hydrogens is 290 g/mol. The zero-order valence-electron chi connectivity index (χ0n) is 12.5. The summed E-state index contributed by atoms with van der Waals surface area (Å²) in [7, 11) is 0. The number of amides is 1. The van der Waals surface area contributed by atoms with E-state index in [0.717, 1.165) is 16.5 Å². The highest BCUT2D eigenvalue weighted by Gasteiger charge is 2.09. The van der Waals surface area contributed by atoms with Gasteiger partial charge in [0.2, 0.25) is 0 Å². The van der Waals surface area contributed by atoms with Crippen molar-refractivity contribution in [2.75, 3.05) is 13.2 Å². The van der Waals surface area contributed by atoms with Gasteiger partial charge in [0.15, 0.2) is 0 Å². The number of carbonyl (C=O) groups is 1. The number of rotatable bonds is 5. The normalized spacial score (nSPS) is 10.4. The van der Waals surface area contributed by atoms with Gasteiger partial charge in [-0.2, -0.15) is 0 Å². The van der Waals surface area contributed by atoms with Crippen LogP contribution in [0.4, 0.5) is 0 Å². The lowest BCUT2D eigenvalue weighted by Crippen LogP contribution is -2.28. The zero-order chi connectivity index (χ0) is 16.1. The van der Waals surface area contributed by atoms with Crippen molar-refractivity contribution >= 4 is 16.7 Å². The van der Waals surface area contributed by atoms with Gasteiger partial charge in [0.05, 0.1) is 12.1 Å². The van der Waals surface area contributed by atoms with Gasteiger partial charge in [0.1, 0.15) is 18.1 Å². The van der Waals surface area contributed by atoms with Gasteiger partial charge >= 0.3 is 0 Å². The van der Waals surface area contributed by atoms with Crippen LogP contribution in [0.25, 0.3) is 10.8 Å². The first kappa shape index (κ1) is 14.9. The van der Waals surface area contributed by atoms with E-state index in [1.807, 2.05) is 42.5 Å². The smallest absolute Gasteiger partial charge is 0.255 e. The highest BCUT2D eigenvalue weighted by atomic mass is 16.5. The maximum absolute atomic E-state index is 11.9. The Hall–Kier alpha value is -3.01. The number of carbonyl (C=O) groups excluding carboxylic acids is 1. The molecule has 4 heteroatoms. The standard InChI is InChI=1S/C19H17NO3/c21-18-8-4-3-7-17(18)19(22)20-11-12-23-16-10-9-14-5-1-2-6-15(14)13-16/h1-10,13,21H,11-12H2,(H,20,22). The number of phenolic OH excluding ortho intramolecular Hbond substituents is 1. The fourth-order valence-electron chi connectivity index (χ4n) is 2.35. The number of ether oxygens (including phenoxy) is 1. The van der Waals surface area contributed by atoms with E-state index in [1.165, 1.54) is 6.07 Å². The van der Waals surface area contributed by atoms with Gasteiger partial charge in [-0.15, -0.1) is 0 Å². The van der Waals surface area contributed by atoms with Crippen LogP contribution in [-0.2, 0) is 0 Å². The van der Waals surface area contributed by atoms with E-state index < -0.39 is 0 Å². The average molecular weight is 307 g/mol. The lowest BCUT2D eigenvalue weighted by molar-refractivity contribution is 0.0944. The number of para-hydroxylation sites is 1. The molecule has 0 fully saturated rings. The fraction of sp³-hybridized carbons (Fsp3) is 0.105. The summed E-state index contributed by atoms with van der Waals surface area (Å²) in [5.41, 5.74) is 0.262. The largest absolute Gasteiger partial charge is 0.507 e. The molecule has 2 N–H and O–H groups in total. The van der Waals surface area contributed by atoms with Gasteiger partial charge < -0.3 is 15.2 Å². The van der Waals surface area contributed by atoms with Crippen LogP contribution < -0.4 is 10.1 Å². The molecule has 0 radical (unpaired) electrons. The van der Waals surface area contributed by atoms with Crippen LogP contribution in [0.15, 0.2) is 66.7 Å². The number of phenols is 1. The molecule has 3 aromatic rings. The Morgan fingerprint density at radius 3 is 2.52 bits per heavy atom. The van der Waals surface area contributed by atoms with Crippen LogP contribution in [0.1, 0.15) is 10.4 Å². The summed E-state index contributed by atoms with van der Waals surface area (Å²) in [4.78, 5) is 11.9. The highest BCUT2D eigenvalue weighted by molar-refractivity contribution is 5.96. The molecular formula is C19H17NO3. The summed E-state index contributed by atoms with van der Waals surface area (Å²) in [6.07, 6.45) is 0. The Bertz CT molecular complexity index is 829. The number of fused-ring (bicyclic) bond motifs is 1. The molecule has 3 rings (SSSR count). The number of nitrogens with one attached hydrogen (secondary N) is 1. The molecule has 0 atom stereocenters. The fourth-order valence-corrected chi connectivity index (χ4v) is 2.35. The quantitative estimate of drug-likeness (QED) is 0.711. The van der Waals surface area contributed by atoms with Gasteiger partial charge in [-0.05, 0) is 35.0 Å². The Balaban J connectivity index is 1.53. The van der Waals surface area contributed by atoms with Crippen molar-refractivity contribution in [1.82, 2.24) is 5.32 Å². The number of hydrogen-bond donors (Lipinski definition) is 2. The number of aromatic hydroxyl groups is 1.